The third kappa shape index (κ3) is 7.38. The van der Waals surface area contributed by atoms with E-state index in [1.165, 1.54) is 12.2 Å². The van der Waals surface area contributed by atoms with Crippen LogP contribution < -0.4 is 5.32 Å². The number of ether oxygens (including phenoxy) is 1. The van der Waals surface area contributed by atoms with Gasteiger partial charge >= 0.3 is 0 Å². The molecule has 6 heteroatoms. The predicted octanol–water partition coefficient (Wildman–Crippen LogP) is 1.36. The summed E-state index contributed by atoms with van der Waals surface area (Å²) in [6, 6.07) is 0. The maximum absolute atomic E-state index is 5.10. The summed E-state index contributed by atoms with van der Waals surface area (Å²) < 4.78 is 5.10. The molecule has 0 spiro atoms. The van der Waals surface area contributed by atoms with Gasteiger partial charge in [-0.25, -0.2) is 0 Å². The Morgan fingerprint density at radius 1 is 1.43 bits per heavy atom. The SMILES string of the molecule is CCNC(=NCCN(C)CCOC)N1CCSC(CC)C1. The Labute approximate surface area is 134 Å². The van der Waals surface area contributed by atoms with Gasteiger partial charge in [-0.15, -0.1) is 0 Å². The van der Waals surface area contributed by atoms with Crippen molar-refractivity contribution in [3.8, 4) is 0 Å². The average molecular weight is 317 g/mol. The number of likely N-dealkylation sites (N-methyl/N-ethyl adjacent to an activating group) is 1. The average Bonchev–Trinajstić information content (AvgIpc) is 2.52. The standard InChI is InChI=1S/C15H32N4OS/c1-5-14-13-19(10-12-21-14)15(16-6-2)17-7-8-18(3)9-11-20-4/h14H,5-13H2,1-4H3,(H,16,17). The van der Waals surface area contributed by atoms with Gasteiger partial charge in [-0.05, 0) is 20.4 Å². The van der Waals surface area contributed by atoms with E-state index in [0.29, 0.717) is 0 Å². The van der Waals surface area contributed by atoms with Gasteiger partial charge in [0.2, 0.25) is 0 Å². The van der Waals surface area contributed by atoms with Crippen LogP contribution in [0.1, 0.15) is 20.3 Å². The van der Waals surface area contributed by atoms with E-state index < -0.39 is 0 Å². The van der Waals surface area contributed by atoms with Gasteiger partial charge in [-0.3, -0.25) is 4.99 Å². The normalized spacial score (nSPS) is 20.1. The lowest BCUT2D eigenvalue weighted by Gasteiger charge is -2.34. The van der Waals surface area contributed by atoms with Gasteiger partial charge in [0, 0.05) is 50.8 Å². The Kier molecular flexibility index (Phi) is 9.87. The Morgan fingerprint density at radius 3 is 2.90 bits per heavy atom. The molecule has 0 aliphatic carbocycles. The van der Waals surface area contributed by atoms with Crippen LogP contribution in [0.5, 0.6) is 0 Å². The minimum atomic E-state index is 0.743. The van der Waals surface area contributed by atoms with E-state index in [4.69, 9.17) is 9.73 Å². The summed E-state index contributed by atoms with van der Waals surface area (Å²) in [5.74, 6) is 2.29. The maximum Gasteiger partial charge on any atom is 0.194 e. The molecular weight excluding hydrogens is 284 g/mol. The molecule has 0 radical (unpaired) electrons. The molecule has 0 bridgehead atoms. The lowest BCUT2D eigenvalue weighted by Crippen LogP contribution is -2.48. The number of hydrogen-bond donors (Lipinski definition) is 1. The third-order valence-electron chi connectivity index (χ3n) is 3.65. The molecule has 0 aromatic rings. The van der Waals surface area contributed by atoms with Crippen molar-refractivity contribution in [3.63, 3.8) is 0 Å². The molecule has 1 aliphatic heterocycles. The first-order chi connectivity index (χ1) is 10.2. The third-order valence-corrected chi connectivity index (χ3v) is 5.02. The summed E-state index contributed by atoms with van der Waals surface area (Å²) in [4.78, 5) is 9.47. The fourth-order valence-electron chi connectivity index (χ4n) is 2.27. The molecule has 1 atom stereocenters. The number of guanidine groups is 1. The molecule has 0 aromatic carbocycles. The Hall–Kier alpha value is -0.460. The summed E-state index contributed by atoms with van der Waals surface area (Å²) in [5.41, 5.74) is 0. The maximum atomic E-state index is 5.10. The van der Waals surface area contributed by atoms with Gasteiger partial charge in [-0.1, -0.05) is 6.92 Å². The topological polar surface area (TPSA) is 40.1 Å². The van der Waals surface area contributed by atoms with Crippen LogP contribution in [-0.4, -0.2) is 86.8 Å². The van der Waals surface area contributed by atoms with E-state index >= 15 is 0 Å². The van der Waals surface area contributed by atoms with Crippen LogP contribution in [0.25, 0.3) is 0 Å². The van der Waals surface area contributed by atoms with Crippen molar-refractivity contribution in [2.24, 2.45) is 4.99 Å². The van der Waals surface area contributed by atoms with Gasteiger partial charge < -0.3 is 19.9 Å². The van der Waals surface area contributed by atoms with Crippen molar-refractivity contribution < 1.29 is 4.74 Å². The molecule has 1 fully saturated rings. The van der Waals surface area contributed by atoms with Crippen LogP contribution in [0.3, 0.4) is 0 Å². The molecule has 1 aliphatic rings. The molecule has 1 unspecified atom stereocenters. The first-order valence-electron chi connectivity index (χ1n) is 8.03. The van der Waals surface area contributed by atoms with E-state index in [1.54, 1.807) is 7.11 Å². The highest BCUT2D eigenvalue weighted by Crippen LogP contribution is 2.20. The zero-order chi connectivity index (χ0) is 15.5. The highest BCUT2D eigenvalue weighted by atomic mass is 32.2. The quantitative estimate of drug-likeness (QED) is 0.541. The molecule has 1 rings (SSSR count). The fraction of sp³-hybridized carbons (Fsp3) is 0.933. The lowest BCUT2D eigenvalue weighted by molar-refractivity contribution is 0.163. The Balaban J connectivity index is 2.45. The van der Waals surface area contributed by atoms with Crippen molar-refractivity contribution in [1.82, 2.24) is 15.1 Å². The monoisotopic (exact) mass is 316 g/mol. The van der Waals surface area contributed by atoms with E-state index in [0.717, 1.165) is 57.1 Å². The fourth-order valence-corrected chi connectivity index (χ4v) is 3.45. The molecule has 124 valence electrons. The molecule has 1 heterocycles. The van der Waals surface area contributed by atoms with Crippen molar-refractivity contribution >= 4 is 17.7 Å². The van der Waals surface area contributed by atoms with Crippen LogP contribution in [-0.2, 0) is 4.74 Å². The van der Waals surface area contributed by atoms with Crippen LogP contribution in [0, 0.1) is 0 Å². The van der Waals surface area contributed by atoms with Crippen molar-refractivity contribution in [2.75, 3.05) is 65.8 Å². The van der Waals surface area contributed by atoms with Crippen LogP contribution in [0.2, 0.25) is 0 Å². The van der Waals surface area contributed by atoms with Gasteiger partial charge in [0.1, 0.15) is 0 Å². The zero-order valence-corrected chi connectivity index (χ0v) is 14.9. The number of thioether (sulfide) groups is 1. The highest BCUT2D eigenvalue weighted by molar-refractivity contribution is 8.00. The number of nitrogens with one attached hydrogen (secondary N) is 1. The Bertz CT molecular complexity index is 301. The Morgan fingerprint density at radius 2 is 2.24 bits per heavy atom. The summed E-state index contributed by atoms with van der Waals surface area (Å²) in [7, 11) is 3.86. The van der Waals surface area contributed by atoms with Crippen LogP contribution in [0.15, 0.2) is 4.99 Å². The summed E-state index contributed by atoms with van der Waals surface area (Å²) in [5, 5.41) is 4.18. The molecular formula is C15H32N4OS. The van der Waals surface area contributed by atoms with Gasteiger partial charge in [0.25, 0.3) is 0 Å². The first-order valence-corrected chi connectivity index (χ1v) is 9.08. The second-order valence-corrected chi connectivity index (χ2v) is 6.79. The van der Waals surface area contributed by atoms with E-state index in [-0.39, 0.29) is 0 Å². The number of rotatable bonds is 8. The number of aliphatic imine (C=N–C) groups is 1. The predicted molar refractivity (Wildman–Crippen MR) is 93.5 cm³/mol. The minimum absolute atomic E-state index is 0.743. The summed E-state index contributed by atoms with van der Waals surface area (Å²) >= 11 is 2.09. The lowest BCUT2D eigenvalue weighted by atomic mass is 10.3. The first kappa shape index (κ1) is 18.6. The van der Waals surface area contributed by atoms with E-state index in [9.17, 15) is 0 Å². The molecule has 1 N–H and O–H groups in total. The second-order valence-electron chi connectivity index (χ2n) is 5.38. The van der Waals surface area contributed by atoms with Crippen molar-refractivity contribution in [3.05, 3.63) is 0 Å². The summed E-state index contributed by atoms with van der Waals surface area (Å²) in [6.07, 6.45) is 1.24. The van der Waals surface area contributed by atoms with Gasteiger partial charge in [-0.2, -0.15) is 11.8 Å². The zero-order valence-electron chi connectivity index (χ0n) is 14.1. The smallest absolute Gasteiger partial charge is 0.194 e. The van der Waals surface area contributed by atoms with Crippen molar-refractivity contribution in [2.45, 2.75) is 25.5 Å². The highest BCUT2D eigenvalue weighted by Gasteiger charge is 2.21. The molecule has 0 saturated carbocycles. The molecule has 1 saturated heterocycles. The number of methoxy groups -OCH3 is 1. The van der Waals surface area contributed by atoms with Crippen molar-refractivity contribution in [1.29, 1.82) is 0 Å². The second kappa shape index (κ2) is 11.2. The molecule has 0 amide bonds. The number of hydrogen-bond acceptors (Lipinski definition) is 4. The molecule has 0 aromatic heterocycles. The van der Waals surface area contributed by atoms with E-state index in [2.05, 4.69) is 47.8 Å². The minimum Gasteiger partial charge on any atom is -0.383 e. The molecule has 5 nitrogen and oxygen atoms in total. The van der Waals surface area contributed by atoms with Gasteiger partial charge in [0.15, 0.2) is 5.96 Å². The van der Waals surface area contributed by atoms with E-state index in [1.807, 2.05) is 0 Å². The van der Waals surface area contributed by atoms with Gasteiger partial charge in [0.05, 0.1) is 13.2 Å². The largest absolute Gasteiger partial charge is 0.383 e. The van der Waals surface area contributed by atoms with Crippen LogP contribution in [0.4, 0.5) is 0 Å². The summed E-state index contributed by atoms with van der Waals surface area (Å²) in [6.45, 7) is 11.1. The number of nitrogens with zero attached hydrogens (tertiary/aromatic N) is 3. The van der Waals surface area contributed by atoms with Crippen LogP contribution >= 0.6 is 11.8 Å². The molecule has 21 heavy (non-hydrogen) atoms.